The molecule has 0 bridgehead atoms. The summed E-state index contributed by atoms with van der Waals surface area (Å²) in [6, 6.07) is 3.41. The topological polar surface area (TPSA) is 55.4 Å². The molecule has 0 aliphatic carbocycles. The number of halogens is 2. The van der Waals surface area contributed by atoms with Gasteiger partial charge >= 0.3 is 11.9 Å². The fourth-order valence-electron chi connectivity index (χ4n) is 0.961. The molecule has 1 amide bonds. The fourth-order valence-corrected chi connectivity index (χ4v) is 1.18. The lowest BCUT2D eigenvalue weighted by molar-refractivity contribution is -0.152. The second-order valence-electron chi connectivity index (χ2n) is 2.80. The molecule has 0 atom stereocenters. The number of amides is 1. The maximum atomic E-state index is 12.7. The zero-order chi connectivity index (χ0) is 12.1. The first-order valence-corrected chi connectivity index (χ1v) is 4.85. The van der Waals surface area contributed by atoms with Crippen molar-refractivity contribution >= 4 is 29.2 Å². The minimum absolute atomic E-state index is 0.0117. The van der Waals surface area contributed by atoms with E-state index in [2.05, 4.69) is 10.1 Å². The highest BCUT2D eigenvalue weighted by atomic mass is 35.5. The Balaban J connectivity index is 2.73. The van der Waals surface area contributed by atoms with Crippen molar-refractivity contribution in [2.45, 2.75) is 6.92 Å². The maximum absolute atomic E-state index is 12.7. The summed E-state index contributed by atoms with van der Waals surface area (Å²) >= 11 is 5.65. The van der Waals surface area contributed by atoms with Crippen LogP contribution in [0.5, 0.6) is 0 Å². The molecule has 4 nitrogen and oxygen atoms in total. The van der Waals surface area contributed by atoms with E-state index < -0.39 is 17.7 Å². The first-order chi connectivity index (χ1) is 7.54. The Hall–Kier alpha value is -1.62. The molecule has 0 unspecified atom stereocenters. The molecule has 1 rings (SSSR count). The number of benzene rings is 1. The monoisotopic (exact) mass is 245 g/mol. The summed E-state index contributed by atoms with van der Waals surface area (Å²) in [6.07, 6.45) is 0. The van der Waals surface area contributed by atoms with Crippen molar-refractivity contribution in [2.75, 3.05) is 11.9 Å². The summed E-state index contributed by atoms with van der Waals surface area (Å²) in [5.74, 6) is -2.49. The van der Waals surface area contributed by atoms with Crippen molar-refractivity contribution in [1.29, 1.82) is 0 Å². The summed E-state index contributed by atoms with van der Waals surface area (Å²) in [4.78, 5) is 22.2. The normalized spacial score (nSPS) is 9.69. The fraction of sp³-hybridized carbons (Fsp3) is 0.200. The summed E-state index contributed by atoms with van der Waals surface area (Å²) in [5.41, 5.74) is 0.154. The Labute approximate surface area is 96.3 Å². The number of carbonyl (C=O) groups is 2. The van der Waals surface area contributed by atoms with Crippen LogP contribution >= 0.6 is 11.6 Å². The average Bonchev–Trinajstić information content (AvgIpc) is 2.22. The highest BCUT2D eigenvalue weighted by Crippen LogP contribution is 2.22. The van der Waals surface area contributed by atoms with Crippen LogP contribution in [-0.2, 0) is 14.3 Å². The van der Waals surface area contributed by atoms with E-state index in [9.17, 15) is 14.0 Å². The zero-order valence-electron chi connectivity index (χ0n) is 8.42. The van der Waals surface area contributed by atoms with Gasteiger partial charge in [-0.3, -0.25) is 4.79 Å². The van der Waals surface area contributed by atoms with E-state index in [1.807, 2.05) is 0 Å². The quantitative estimate of drug-likeness (QED) is 0.640. The molecule has 0 saturated carbocycles. The van der Waals surface area contributed by atoms with Gasteiger partial charge in [0.05, 0.1) is 17.3 Å². The van der Waals surface area contributed by atoms with E-state index in [0.717, 1.165) is 12.1 Å². The third-order valence-electron chi connectivity index (χ3n) is 1.64. The number of hydrogen-bond donors (Lipinski definition) is 1. The Morgan fingerprint density at radius 3 is 2.75 bits per heavy atom. The summed E-state index contributed by atoms with van der Waals surface area (Å²) in [5, 5.41) is 2.22. The molecule has 1 aromatic rings. The van der Waals surface area contributed by atoms with Crippen molar-refractivity contribution in [1.82, 2.24) is 0 Å². The van der Waals surface area contributed by atoms with Gasteiger partial charge in [0.2, 0.25) is 0 Å². The number of carbonyl (C=O) groups excluding carboxylic acids is 2. The largest absolute Gasteiger partial charge is 0.459 e. The van der Waals surface area contributed by atoms with Crippen molar-refractivity contribution < 1.29 is 18.7 Å². The predicted molar refractivity (Wildman–Crippen MR) is 56.7 cm³/mol. The summed E-state index contributed by atoms with van der Waals surface area (Å²) < 4.78 is 17.1. The van der Waals surface area contributed by atoms with Crippen LogP contribution in [0.2, 0.25) is 5.02 Å². The highest BCUT2D eigenvalue weighted by molar-refractivity contribution is 6.39. The van der Waals surface area contributed by atoms with Gasteiger partial charge in [-0.2, -0.15) is 0 Å². The van der Waals surface area contributed by atoms with Gasteiger partial charge < -0.3 is 10.1 Å². The van der Waals surface area contributed by atoms with Gasteiger partial charge in [0.1, 0.15) is 5.82 Å². The summed E-state index contributed by atoms with van der Waals surface area (Å²) in [6.45, 7) is 1.68. The van der Waals surface area contributed by atoms with Crippen molar-refractivity contribution in [3.63, 3.8) is 0 Å². The van der Waals surface area contributed by atoms with E-state index in [0.29, 0.717) is 0 Å². The molecule has 6 heteroatoms. The lowest BCUT2D eigenvalue weighted by atomic mass is 10.3. The second kappa shape index (κ2) is 5.46. The lowest BCUT2D eigenvalue weighted by Gasteiger charge is -2.06. The first-order valence-electron chi connectivity index (χ1n) is 4.47. The molecular formula is C10H9ClFNO3. The molecule has 1 N–H and O–H groups in total. The number of anilines is 1. The number of nitrogens with one attached hydrogen (secondary N) is 1. The predicted octanol–water partition coefficient (Wildman–Crippen LogP) is 1.98. The maximum Gasteiger partial charge on any atom is 0.397 e. The lowest BCUT2D eigenvalue weighted by Crippen LogP contribution is -2.25. The van der Waals surface area contributed by atoms with Crippen LogP contribution < -0.4 is 5.32 Å². The Morgan fingerprint density at radius 1 is 1.50 bits per heavy atom. The average molecular weight is 246 g/mol. The van der Waals surface area contributed by atoms with Crippen LogP contribution in [0.25, 0.3) is 0 Å². The molecule has 86 valence electrons. The van der Waals surface area contributed by atoms with Gasteiger partial charge in [0.15, 0.2) is 0 Å². The minimum atomic E-state index is -1.01. The van der Waals surface area contributed by atoms with E-state index in [4.69, 9.17) is 11.6 Å². The van der Waals surface area contributed by atoms with Crippen LogP contribution in [0, 0.1) is 5.82 Å². The number of esters is 1. The van der Waals surface area contributed by atoms with Crippen LogP contribution in [0.3, 0.4) is 0 Å². The van der Waals surface area contributed by atoms with E-state index >= 15 is 0 Å². The van der Waals surface area contributed by atoms with Crippen LogP contribution in [0.1, 0.15) is 6.92 Å². The molecule has 0 aliphatic heterocycles. The highest BCUT2D eigenvalue weighted by Gasteiger charge is 2.16. The third kappa shape index (κ3) is 3.20. The number of rotatable bonds is 2. The van der Waals surface area contributed by atoms with Gasteiger partial charge in [0.25, 0.3) is 0 Å². The van der Waals surface area contributed by atoms with Crippen molar-refractivity contribution in [3.8, 4) is 0 Å². The molecule has 0 aliphatic rings. The molecule has 0 spiro atoms. The van der Waals surface area contributed by atoms with Gasteiger partial charge in [0, 0.05) is 0 Å². The standard InChI is InChI=1S/C10H9ClFNO3/c1-2-16-10(15)9(14)13-8-4-3-6(12)5-7(8)11/h3-5H,2H2,1H3,(H,13,14). The van der Waals surface area contributed by atoms with E-state index in [1.54, 1.807) is 6.92 Å². The second-order valence-corrected chi connectivity index (χ2v) is 3.21. The van der Waals surface area contributed by atoms with Gasteiger partial charge in [-0.15, -0.1) is 0 Å². The molecule has 1 aromatic carbocycles. The van der Waals surface area contributed by atoms with Crippen LogP contribution in [0.4, 0.5) is 10.1 Å². The molecule has 0 aromatic heterocycles. The Kier molecular flexibility index (Phi) is 4.25. The molecule has 16 heavy (non-hydrogen) atoms. The smallest absolute Gasteiger partial charge is 0.397 e. The van der Waals surface area contributed by atoms with Gasteiger partial charge in [-0.05, 0) is 25.1 Å². The van der Waals surface area contributed by atoms with Crippen LogP contribution in [0.15, 0.2) is 18.2 Å². The molecule has 0 radical (unpaired) electrons. The Morgan fingerprint density at radius 2 is 2.19 bits per heavy atom. The van der Waals surface area contributed by atoms with Gasteiger partial charge in [-0.1, -0.05) is 11.6 Å². The zero-order valence-corrected chi connectivity index (χ0v) is 9.18. The van der Waals surface area contributed by atoms with E-state index in [-0.39, 0.29) is 17.3 Å². The number of ether oxygens (including phenoxy) is 1. The molecule has 0 fully saturated rings. The molecule has 0 heterocycles. The van der Waals surface area contributed by atoms with Gasteiger partial charge in [-0.25, -0.2) is 9.18 Å². The Bertz CT molecular complexity index is 423. The molecule has 0 saturated heterocycles. The van der Waals surface area contributed by atoms with E-state index in [1.165, 1.54) is 6.07 Å². The number of hydrogen-bond acceptors (Lipinski definition) is 3. The summed E-state index contributed by atoms with van der Waals surface area (Å²) in [7, 11) is 0. The third-order valence-corrected chi connectivity index (χ3v) is 1.95. The van der Waals surface area contributed by atoms with Crippen molar-refractivity contribution in [2.24, 2.45) is 0 Å². The molecular weight excluding hydrogens is 237 g/mol. The van der Waals surface area contributed by atoms with Crippen molar-refractivity contribution in [3.05, 3.63) is 29.0 Å². The van der Waals surface area contributed by atoms with Crippen LogP contribution in [-0.4, -0.2) is 18.5 Å². The first kappa shape index (κ1) is 12.4. The SMILES string of the molecule is CCOC(=O)C(=O)Nc1ccc(F)cc1Cl. The minimum Gasteiger partial charge on any atom is -0.459 e.